The van der Waals surface area contributed by atoms with Crippen molar-refractivity contribution in [3.8, 4) is 0 Å². The fraction of sp³-hybridized carbons (Fsp3) is 0.579. The quantitative estimate of drug-likeness (QED) is 0.715. The third-order valence-electron chi connectivity index (χ3n) is 5.46. The molecule has 136 valence electrons. The highest BCUT2D eigenvalue weighted by atomic mass is 16.2. The monoisotopic (exact) mass is 344 g/mol. The maximum Gasteiger partial charge on any atom is 0.229 e. The summed E-state index contributed by atoms with van der Waals surface area (Å²) >= 11 is 0. The molecule has 0 aliphatic carbocycles. The minimum atomic E-state index is -0.333. The highest BCUT2D eigenvalue weighted by Gasteiger charge is 2.53. The fourth-order valence-electron chi connectivity index (χ4n) is 4.12. The van der Waals surface area contributed by atoms with Crippen LogP contribution in [0.2, 0.25) is 0 Å². The van der Waals surface area contributed by atoms with Crippen LogP contribution >= 0.6 is 0 Å². The third-order valence-corrected chi connectivity index (χ3v) is 5.46. The lowest BCUT2D eigenvalue weighted by Gasteiger charge is -2.26. The second-order valence-electron chi connectivity index (χ2n) is 7.25. The van der Waals surface area contributed by atoms with Crippen LogP contribution < -0.4 is 16.0 Å². The van der Waals surface area contributed by atoms with Crippen molar-refractivity contribution in [3.63, 3.8) is 0 Å². The second kappa shape index (κ2) is 7.54. The van der Waals surface area contributed by atoms with Crippen LogP contribution in [0.15, 0.2) is 24.3 Å². The minimum Gasteiger partial charge on any atom is -0.355 e. The van der Waals surface area contributed by atoms with E-state index in [2.05, 4.69) is 34.8 Å². The molecule has 1 aromatic rings. The van der Waals surface area contributed by atoms with E-state index in [1.54, 1.807) is 0 Å². The van der Waals surface area contributed by atoms with Gasteiger partial charge in [-0.3, -0.25) is 9.59 Å². The molecule has 0 unspecified atom stereocenters. The van der Waals surface area contributed by atoms with Crippen molar-refractivity contribution in [2.24, 2.45) is 11.3 Å². The van der Waals surface area contributed by atoms with E-state index < -0.39 is 0 Å². The van der Waals surface area contributed by atoms with E-state index in [9.17, 15) is 9.59 Å². The smallest absolute Gasteiger partial charge is 0.229 e. The molecule has 2 atom stereocenters. The lowest BCUT2D eigenvalue weighted by molar-refractivity contribution is -0.130. The van der Waals surface area contributed by atoms with Gasteiger partial charge < -0.3 is 20.9 Å². The maximum absolute atomic E-state index is 12.7. The summed E-state index contributed by atoms with van der Waals surface area (Å²) in [6, 6.07) is 7.82. The van der Waals surface area contributed by atoms with E-state index in [4.69, 9.17) is 0 Å². The summed E-state index contributed by atoms with van der Waals surface area (Å²) in [6.45, 7) is 5.80. The molecule has 6 nitrogen and oxygen atoms in total. The molecule has 2 aliphatic heterocycles. The van der Waals surface area contributed by atoms with Gasteiger partial charge in [0.2, 0.25) is 11.8 Å². The third kappa shape index (κ3) is 3.70. The molecular formula is C19H28N4O2. The summed E-state index contributed by atoms with van der Waals surface area (Å²) in [5.74, 6) is 0.375. The van der Waals surface area contributed by atoms with Crippen molar-refractivity contribution in [2.45, 2.75) is 19.8 Å². The van der Waals surface area contributed by atoms with Crippen LogP contribution in [0.25, 0.3) is 0 Å². The number of likely N-dealkylation sites (tertiary alicyclic amines) is 1. The Kier molecular flexibility index (Phi) is 5.39. The summed E-state index contributed by atoms with van der Waals surface area (Å²) in [5, 5.41) is 9.28. The van der Waals surface area contributed by atoms with E-state index in [-0.39, 0.29) is 23.7 Å². The van der Waals surface area contributed by atoms with Crippen molar-refractivity contribution < 1.29 is 9.59 Å². The first kappa shape index (κ1) is 17.9. The maximum atomic E-state index is 12.7. The molecule has 3 N–H and O–H groups in total. The van der Waals surface area contributed by atoms with Crippen LogP contribution in [0.1, 0.15) is 18.9 Å². The van der Waals surface area contributed by atoms with E-state index in [0.717, 1.165) is 43.9 Å². The first-order valence-electron chi connectivity index (χ1n) is 9.10. The normalized spacial score (nSPS) is 25.6. The van der Waals surface area contributed by atoms with Crippen LogP contribution in [0, 0.1) is 11.3 Å². The molecule has 2 amide bonds. The Labute approximate surface area is 149 Å². The molecule has 0 bridgehead atoms. The Morgan fingerprint density at radius 3 is 2.96 bits per heavy atom. The SMILES string of the molecule is CCc1ccccc1NC(=O)CCNC(=O)[C@@]12CNC[C@@H]1CN(C)C2. The Balaban J connectivity index is 1.49. The van der Waals surface area contributed by atoms with E-state index >= 15 is 0 Å². The molecule has 1 aromatic carbocycles. The molecule has 0 radical (unpaired) electrons. The minimum absolute atomic E-state index is 0.0664. The Hall–Kier alpha value is -1.92. The average Bonchev–Trinajstić information content (AvgIpc) is 3.12. The van der Waals surface area contributed by atoms with Gasteiger partial charge >= 0.3 is 0 Å². The zero-order chi connectivity index (χ0) is 17.9. The van der Waals surface area contributed by atoms with Gasteiger partial charge in [0.25, 0.3) is 0 Å². The Bertz CT molecular complexity index is 648. The van der Waals surface area contributed by atoms with Gasteiger partial charge in [0.05, 0.1) is 5.41 Å². The number of anilines is 1. The molecular weight excluding hydrogens is 316 g/mol. The van der Waals surface area contributed by atoms with Gasteiger partial charge in [-0.25, -0.2) is 0 Å². The van der Waals surface area contributed by atoms with Gasteiger partial charge in [0, 0.05) is 50.7 Å². The van der Waals surface area contributed by atoms with Gasteiger partial charge in [0.15, 0.2) is 0 Å². The number of rotatable bonds is 6. The number of nitrogens with zero attached hydrogens (tertiary/aromatic N) is 1. The molecule has 25 heavy (non-hydrogen) atoms. The molecule has 0 saturated carbocycles. The lowest BCUT2D eigenvalue weighted by atomic mass is 9.80. The van der Waals surface area contributed by atoms with Gasteiger partial charge in [-0.05, 0) is 25.1 Å². The zero-order valence-electron chi connectivity index (χ0n) is 15.1. The number of aryl methyl sites for hydroxylation is 1. The number of amides is 2. The van der Waals surface area contributed by atoms with Crippen LogP contribution in [-0.4, -0.2) is 56.5 Å². The van der Waals surface area contributed by atoms with Crippen molar-refractivity contribution in [2.75, 3.05) is 45.1 Å². The molecule has 6 heteroatoms. The first-order chi connectivity index (χ1) is 12.0. The second-order valence-corrected chi connectivity index (χ2v) is 7.25. The highest BCUT2D eigenvalue weighted by molar-refractivity contribution is 5.92. The van der Waals surface area contributed by atoms with Gasteiger partial charge in [-0.2, -0.15) is 0 Å². The molecule has 2 saturated heterocycles. The number of para-hydroxylation sites is 1. The molecule has 2 aliphatic rings. The van der Waals surface area contributed by atoms with Gasteiger partial charge in [0.1, 0.15) is 0 Å². The van der Waals surface area contributed by atoms with Crippen LogP contribution in [0.4, 0.5) is 5.69 Å². The van der Waals surface area contributed by atoms with E-state index in [1.807, 2.05) is 24.3 Å². The van der Waals surface area contributed by atoms with Crippen molar-refractivity contribution in [1.29, 1.82) is 0 Å². The lowest BCUT2D eigenvalue weighted by Crippen LogP contribution is -2.47. The van der Waals surface area contributed by atoms with Gasteiger partial charge in [-0.15, -0.1) is 0 Å². The predicted molar refractivity (Wildman–Crippen MR) is 98.4 cm³/mol. The standard InChI is InChI=1S/C19H28N4O2/c1-3-14-6-4-5-7-16(14)22-17(24)8-9-21-18(25)19-12-20-10-15(19)11-23(2)13-19/h4-7,15,20H,3,8-13H2,1-2H3,(H,21,25)(H,22,24)/t15-,19-/m1/s1. The number of carbonyl (C=O) groups excluding carboxylic acids is 2. The molecule has 2 fully saturated rings. The van der Waals surface area contributed by atoms with Gasteiger partial charge in [-0.1, -0.05) is 25.1 Å². The summed E-state index contributed by atoms with van der Waals surface area (Å²) < 4.78 is 0. The van der Waals surface area contributed by atoms with Crippen LogP contribution in [0.3, 0.4) is 0 Å². The molecule has 0 aromatic heterocycles. The van der Waals surface area contributed by atoms with E-state index in [0.29, 0.717) is 12.5 Å². The fourth-order valence-corrected chi connectivity index (χ4v) is 4.12. The number of nitrogens with one attached hydrogen (secondary N) is 3. The summed E-state index contributed by atoms with van der Waals surface area (Å²) in [7, 11) is 2.06. The Morgan fingerprint density at radius 2 is 2.16 bits per heavy atom. The summed E-state index contributed by atoms with van der Waals surface area (Å²) in [6.07, 6.45) is 1.16. The topological polar surface area (TPSA) is 73.5 Å². The first-order valence-corrected chi connectivity index (χ1v) is 9.10. The Morgan fingerprint density at radius 1 is 1.36 bits per heavy atom. The van der Waals surface area contributed by atoms with Crippen LogP contribution in [0.5, 0.6) is 0 Å². The molecule has 3 rings (SSSR count). The largest absolute Gasteiger partial charge is 0.355 e. The van der Waals surface area contributed by atoms with Crippen molar-refractivity contribution >= 4 is 17.5 Å². The van der Waals surface area contributed by atoms with E-state index in [1.165, 1.54) is 0 Å². The number of fused-ring (bicyclic) bond motifs is 1. The number of carbonyl (C=O) groups is 2. The predicted octanol–water partition coefficient (Wildman–Crippen LogP) is 0.845. The van der Waals surface area contributed by atoms with Crippen molar-refractivity contribution in [1.82, 2.24) is 15.5 Å². The molecule has 0 spiro atoms. The average molecular weight is 344 g/mol. The molecule has 2 heterocycles. The summed E-state index contributed by atoms with van der Waals surface area (Å²) in [5.41, 5.74) is 1.64. The van der Waals surface area contributed by atoms with Crippen molar-refractivity contribution in [3.05, 3.63) is 29.8 Å². The number of benzene rings is 1. The summed E-state index contributed by atoms with van der Waals surface area (Å²) in [4.78, 5) is 27.1. The zero-order valence-corrected chi connectivity index (χ0v) is 15.1. The number of hydrogen-bond acceptors (Lipinski definition) is 4. The van der Waals surface area contributed by atoms with Crippen LogP contribution in [-0.2, 0) is 16.0 Å². The number of hydrogen-bond donors (Lipinski definition) is 3. The highest BCUT2D eigenvalue weighted by Crippen LogP contribution is 2.38.